The number of carbonyl (C=O) groups excluding carboxylic acids is 1. The second-order valence-electron chi connectivity index (χ2n) is 4.15. The van der Waals surface area contributed by atoms with E-state index in [-0.39, 0.29) is 0 Å². The van der Waals surface area contributed by atoms with Crippen LogP contribution in [0.4, 0.5) is 0 Å². The average molecular weight is 182 g/mol. The van der Waals surface area contributed by atoms with Crippen molar-refractivity contribution in [1.82, 2.24) is 9.80 Å². The Morgan fingerprint density at radius 1 is 1.15 bits per heavy atom. The van der Waals surface area contributed by atoms with Gasteiger partial charge in [0.2, 0.25) is 6.41 Å². The van der Waals surface area contributed by atoms with Gasteiger partial charge < -0.3 is 9.80 Å². The van der Waals surface area contributed by atoms with Crippen molar-refractivity contribution in [1.29, 1.82) is 0 Å². The van der Waals surface area contributed by atoms with Crippen molar-refractivity contribution in [2.45, 2.75) is 31.7 Å². The van der Waals surface area contributed by atoms with Gasteiger partial charge in [-0.2, -0.15) is 0 Å². The molecule has 0 aromatic rings. The Bertz CT molecular complexity index is 178. The molecule has 74 valence electrons. The lowest BCUT2D eigenvalue weighted by atomic mass is 10.2. The molecule has 3 heteroatoms. The second-order valence-corrected chi connectivity index (χ2v) is 4.15. The van der Waals surface area contributed by atoms with Gasteiger partial charge in [-0.1, -0.05) is 0 Å². The summed E-state index contributed by atoms with van der Waals surface area (Å²) in [5, 5.41) is 0. The molecule has 1 amide bonds. The fourth-order valence-electron chi connectivity index (χ4n) is 2.46. The van der Waals surface area contributed by atoms with Crippen LogP contribution in [-0.4, -0.2) is 48.4 Å². The maximum absolute atomic E-state index is 10.7. The lowest BCUT2D eigenvalue weighted by Crippen LogP contribution is -2.38. The van der Waals surface area contributed by atoms with Crippen molar-refractivity contribution in [2.24, 2.45) is 0 Å². The van der Waals surface area contributed by atoms with E-state index in [1.807, 2.05) is 4.90 Å². The summed E-state index contributed by atoms with van der Waals surface area (Å²) in [5.41, 5.74) is 0. The van der Waals surface area contributed by atoms with Gasteiger partial charge in [-0.3, -0.25) is 4.79 Å². The fourth-order valence-corrected chi connectivity index (χ4v) is 2.46. The first-order chi connectivity index (χ1) is 6.40. The molecule has 0 bridgehead atoms. The molecule has 2 heterocycles. The molecule has 2 rings (SSSR count). The Hall–Kier alpha value is -0.570. The fraction of sp³-hybridized carbons (Fsp3) is 0.900. The van der Waals surface area contributed by atoms with Gasteiger partial charge in [-0.15, -0.1) is 0 Å². The highest BCUT2D eigenvalue weighted by molar-refractivity contribution is 5.48. The predicted octanol–water partition coefficient (Wildman–Crippen LogP) is 0.703. The van der Waals surface area contributed by atoms with Crippen LogP contribution in [0.1, 0.15) is 25.7 Å². The zero-order valence-corrected chi connectivity index (χ0v) is 8.11. The molecule has 3 nitrogen and oxygen atoms in total. The molecular formula is C10H18N2O. The third-order valence-electron chi connectivity index (χ3n) is 3.23. The van der Waals surface area contributed by atoms with Crippen molar-refractivity contribution >= 4 is 6.41 Å². The molecule has 0 N–H and O–H groups in total. The van der Waals surface area contributed by atoms with E-state index in [9.17, 15) is 4.79 Å². The van der Waals surface area contributed by atoms with Crippen molar-refractivity contribution in [3.05, 3.63) is 0 Å². The average Bonchev–Trinajstić information content (AvgIpc) is 2.76. The minimum atomic E-state index is 0.510. The molecule has 0 aliphatic carbocycles. The van der Waals surface area contributed by atoms with Gasteiger partial charge in [0.25, 0.3) is 0 Å². The third-order valence-corrected chi connectivity index (χ3v) is 3.23. The first kappa shape index (κ1) is 9.00. The minimum absolute atomic E-state index is 0.510. The lowest BCUT2D eigenvalue weighted by Gasteiger charge is -2.25. The molecule has 0 spiro atoms. The molecule has 2 aliphatic heterocycles. The van der Waals surface area contributed by atoms with Gasteiger partial charge >= 0.3 is 0 Å². The quantitative estimate of drug-likeness (QED) is 0.600. The van der Waals surface area contributed by atoms with Crippen LogP contribution >= 0.6 is 0 Å². The van der Waals surface area contributed by atoms with Crippen LogP contribution in [0.2, 0.25) is 0 Å². The van der Waals surface area contributed by atoms with E-state index in [1.54, 1.807) is 0 Å². The summed E-state index contributed by atoms with van der Waals surface area (Å²) in [6.07, 6.45) is 6.10. The number of nitrogens with zero attached hydrogens (tertiary/aromatic N) is 2. The van der Waals surface area contributed by atoms with Crippen molar-refractivity contribution in [3.63, 3.8) is 0 Å². The summed E-state index contributed by atoms with van der Waals surface area (Å²) in [6, 6.07) is 0.510. The molecule has 0 aromatic heterocycles. The van der Waals surface area contributed by atoms with Crippen molar-refractivity contribution < 1.29 is 4.79 Å². The first-order valence-corrected chi connectivity index (χ1v) is 5.33. The van der Waals surface area contributed by atoms with E-state index < -0.39 is 0 Å². The summed E-state index contributed by atoms with van der Waals surface area (Å²) in [5.74, 6) is 0. The van der Waals surface area contributed by atoms with Gasteiger partial charge in [0.1, 0.15) is 0 Å². The normalized spacial score (nSPS) is 29.8. The van der Waals surface area contributed by atoms with Crippen LogP contribution < -0.4 is 0 Å². The van der Waals surface area contributed by atoms with Crippen LogP contribution in [-0.2, 0) is 4.79 Å². The highest BCUT2D eigenvalue weighted by atomic mass is 16.1. The Morgan fingerprint density at radius 2 is 1.92 bits per heavy atom. The van der Waals surface area contributed by atoms with Gasteiger partial charge in [0, 0.05) is 19.1 Å². The number of likely N-dealkylation sites (tertiary alicyclic amines) is 2. The molecule has 1 unspecified atom stereocenters. The van der Waals surface area contributed by atoms with E-state index in [0.717, 1.165) is 19.5 Å². The Kier molecular flexibility index (Phi) is 2.83. The Morgan fingerprint density at radius 3 is 2.62 bits per heavy atom. The van der Waals surface area contributed by atoms with E-state index in [1.165, 1.54) is 38.8 Å². The number of rotatable bonds is 3. The summed E-state index contributed by atoms with van der Waals surface area (Å²) in [7, 11) is 0. The number of hydrogen-bond donors (Lipinski definition) is 0. The second kappa shape index (κ2) is 4.09. The molecule has 2 fully saturated rings. The third kappa shape index (κ3) is 2.02. The van der Waals surface area contributed by atoms with Crippen LogP contribution in [0.25, 0.3) is 0 Å². The van der Waals surface area contributed by atoms with E-state index >= 15 is 0 Å². The Labute approximate surface area is 79.7 Å². The largest absolute Gasteiger partial charge is 0.341 e. The van der Waals surface area contributed by atoms with Gasteiger partial charge in [-0.25, -0.2) is 0 Å². The van der Waals surface area contributed by atoms with Crippen LogP contribution in [0.3, 0.4) is 0 Å². The highest BCUT2D eigenvalue weighted by Gasteiger charge is 2.25. The highest BCUT2D eigenvalue weighted by Crippen LogP contribution is 2.18. The SMILES string of the molecule is O=CN1CCCC1CN1CCCC1. The monoisotopic (exact) mass is 182 g/mol. The van der Waals surface area contributed by atoms with E-state index in [2.05, 4.69) is 4.90 Å². The van der Waals surface area contributed by atoms with Gasteiger partial charge in [0.05, 0.1) is 0 Å². The van der Waals surface area contributed by atoms with Crippen LogP contribution in [0, 0.1) is 0 Å². The summed E-state index contributed by atoms with van der Waals surface area (Å²) >= 11 is 0. The molecule has 0 radical (unpaired) electrons. The summed E-state index contributed by atoms with van der Waals surface area (Å²) in [6.45, 7) is 4.56. The van der Waals surface area contributed by atoms with Gasteiger partial charge in [-0.05, 0) is 38.8 Å². The zero-order chi connectivity index (χ0) is 9.10. The smallest absolute Gasteiger partial charge is 0.209 e. The summed E-state index contributed by atoms with van der Waals surface area (Å²) < 4.78 is 0. The lowest BCUT2D eigenvalue weighted by molar-refractivity contribution is -0.119. The number of carbonyl (C=O) groups is 1. The van der Waals surface area contributed by atoms with Crippen LogP contribution in [0.15, 0.2) is 0 Å². The molecular weight excluding hydrogens is 164 g/mol. The summed E-state index contributed by atoms with van der Waals surface area (Å²) in [4.78, 5) is 15.2. The zero-order valence-electron chi connectivity index (χ0n) is 8.11. The Balaban J connectivity index is 1.82. The van der Waals surface area contributed by atoms with Gasteiger partial charge in [0.15, 0.2) is 0 Å². The number of amides is 1. The molecule has 0 saturated carbocycles. The van der Waals surface area contributed by atoms with E-state index in [4.69, 9.17) is 0 Å². The topological polar surface area (TPSA) is 23.6 Å². The molecule has 13 heavy (non-hydrogen) atoms. The molecule has 0 aromatic carbocycles. The minimum Gasteiger partial charge on any atom is -0.341 e. The first-order valence-electron chi connectivity index (χ1n) is 5.33. The standard InChI is InChI=1S/C10H18N2O/c13-9-12-7-3-4-10(12)8-11-5-1-2-6-11/h9-10H,1-8H2. The maximum Gasteiger partial charge on any atom is 0.209 e. The van der Waals surface area contributed by atoms with Crippen LogP contribution in [0.5, 0.6) is 0 Å². The van der Waals surface area contributed by atoms with Crippen molar-refractivity contribution in [2.75, 3.05) is 26.2 Å². The number of hydrogen-bond acceptors (Lipinski definition) is 2. The molecule has 2 saturated heterocycles. The molecule has 1 atom stereocenters. The molecule has 2 aliphatic rings. The van der Waals surface area contributed by atoms with E-state index in [0.29, 0.717) is 6.04 Å². The predicted molar refractivity (Wildman–Crippen MR) is 51.5 cm³/mol. The van der Waals surface area contributed by atoms with Crippen molar-refractivity contribution in [3.8, 4) is 0 Å². The maximum atomic E-state index is 10.7.